The molecule has 0 rings (SSSR count). The van der Waals surface area contributed by atoms with Crippen molar-refractivity contribution >= 4 is 5.91 Å². The number of carbonyl (C=O) groups excluding carboxylic acids is 1. The lowest BCUT2D eigenvalue weighted by atomic mass is 10.3. The van der Waals surface area contributed by atoms with Gasteiger partial charge in [0.25, 0.3) is 0 Å². The zero-order chi connectivity index (χ0) is 10.1. The van der Waals surface area contributed by atoms with Crippen LogP contribution in [-0.2, 0) is 9.53 Å². The number of ether oxygens (including phenoxy) is 1. The van der Waals surface area contributed by atoms with Crippen molar-refractivity contribution in [2.24, 2.45) is 0 Å². The minimum absolute atomic E-state index is 0.0848. The first-order valence-electron chi connectivity index (χ1n) is 4.34. The summed E-state index contributed by atoms with van der Waals surface area (Å²) in [5.41, 5.74) is 0. The van der Waals surface area contributed by atoms with Gasteiger partial charge in [-0.1, -0.05) is 0 Å². The molecule has 0 saturated carbocycles. The highest BCUT2D eigenvalue weighted by Gasteiger charge is 2.04. The van der Waals surface area contributed by atoms with Gasteiger partial charge in [-0.3, -0.25) is 4.79 Å². The van der Waals surface area contributed by atoms with Crippen molar-refractivity contribution in [2.75, 3.05) is 26.4 Å². The number of hydrogen-bond donors (Lipinski definition) is 3. The highest BCUT2D eigenvalue weighted by Crippen LogP contribution is 1.84. The quantitative estimate of drug-likeness (QED) is 0.445. The van der Waals surface area contributed by atoms with Crippen LogP contribution in [0.4, 0.5) is 0 Å². The van der Waals surface area contributed by atoms with Crippen LogP contribution in [0.3, 0.4) is 0 Å². The van der Waals surface area contributed by atoms with Crippen molar-refractivity contribution in [3.63, 3.8) is 0 Å². The molecule has 0 aromatic rings. The monoisotopic (exact) mass is 191 g/mol. The van der Waals surface area contributed by atoms with E-state index in [4.69, 9.17) is 14.9 Å². The number of nitrogens with one attached hydrogen (secondary N) is 1. The number of aliphatic hydroxyl groups excluding tert-OH is 2. The summed E-state index contributed by atoms with van der Waals surface area (Å²) in [5.74, 6) is -0.180. The maximum Gasteiger partial charge on any atom is 0.222 e. The molecule has 5 heteroatoms. The molecule has 0 aliphatic heterocycles. The lowest BCUT2D eigenvalue weighted by Crippen LogP contribution is -2.34. The smallest absolute Gasteiger partial charge is 0.222 e. The second kappa shape index (κ2) is 7.97. The van der Waals surface area contributed by atoms with E-state index >= 15 is 0 Å². The summed E-state index contributed by atoms with van der Waals surface area (Å²) >= 11 is 0. The summed E-state index contributed by atoms with van der Waals surface area (Å²) in [6.45, 7) is 2.57. The number of carbonyl (C=O) groups is 1. The van der Waals surface area contributed by atoms with E-state index in [2.05, 4.69) is 5.32 Å². The molecule has 1 unspecified atom stereocenters. The van der Waals surface area contributed by atoms with Crippen molar-refractivity contribution in [2.45, 2.75) is 19.4 Å². The standard InChI is InChI=1S/C8H17NO4/c1-2-13-4-3-8(12)9-5-7(11)6-10/h7,10-11H,2-6H2,1H3,(H,9,12). The van der Waals surface area contributed by atoms with Gasteiger partial charge in [0, 0.05) is 19.6 Å². The van der Waals surface area contributed by atoms with E-state index in [1.54, 1.807) is 0 Å². The lowest BCUT2D eigenvalue weighted by molar-refractivity contribution is -0.122. The maximum absolute atomic E-state index is 11.0. The Morgan fingerprint density at radius 1 is 1.62 bits per heavy atom. The Hall–Kier alpha value is -0.650. The fraction of sp³-hybridized carbons (Fsp3) is 0.875. The fourth-order valence-corrected chi connectivity index (χ4v) is 0.694. The van der Waals surface area contributed by atoms with Gasteiger partial charge in [0.2, 0.25) is 5.91 Å². The zero-order valence-electron chi connectivity index (χ0n) is 7.82. The second-order valence-corrected chi connectivity index (χ2v) is 2.59. The van der Waals surface area contributed by atoms with Crippen molar-refractivity contribution < 1.29 is 19.7 Å². The van der Waals surface area contributed by atoms with E-state index in [9.17, 15) is 4.79 Å². The van der Waals surface area contributed by atoms with E-state index in [1.165, 1.54) is 0 Å². The van der Waals surface area contributed by atoms with Gasteiger partial charge in [-0.25, -0.2) is 0 Å². The maximum atomic E-state index is 11.0. The van der Waals surface area contributed by atoms with Crippen LogP contribution in [0.2, 0.25) is 0 Å². The first-order chi connectivity index (χ1) is 6.20. The molecular weight excluding hydrogens is 174 g/mol. The van der Waals surface area contributed by atoms with Crippen molar-refractivity contribution in [3.05, 3.63) is 0 Å². The van der Waals surface area contributed by atoms with Gasteiger partial charge in [0.15, 0.2) is 0 Å². The Kier molecular flexibility index (Phi) is 7.57. The van der Waals surface area contributed by atoms with Crippen molar-refractivity contribution in [1.29, 1.82) is 0 Å². The molecule has 78 valence electrons. The summed E-state index contributed by atoms with van der Waals surface area (Å²) in [6.07, 6.45) is -0.595. The molecule has 0 bridgehead atoms. The summed E-state index contributed by atoms with van der Waals surface area (Å²) < 4.78 is 4.96. The molecular formula is C8H17NO4. The lowest BCUT2D eigenvalue weighted by Gasteiger charge is -2.08. The Morgan fingerprint density at radius 2 is 2.31 bits per heavy atom. The van der Waals surface area contributed by atoms with Crippen LogP contribution >= 0.6 is 0 Å². The predicted molar refractivity (Wildman–Crippen MR) is 47.2 cm³/mol. The molecule has 0 radical (unpaired) electrons. The van der Waals surface area contributed by atoms with E-state index < -0.39 is 6.10 Å². The molecule has 1 atom stereocenters. The molecule has 0 spiro atoms. The number of aliphatic hydroxyl groups is 2. The second-order valence-electron chi connectivity index (χ2n) is 2.59. The van der Waals surface area contributed by atoms with E-state index in [-0.39, 0.29) is 25.5 Å². The highest BCUT2D eigenvalue weighted by atomic mass is 16.5. The van der Waals surface area contributed by atoms with Crippen molar-refractivity contribution in [3.8, 4) is 0 Å². The van der Waals surface area contributed by atoms with Crippen LogP contribution in [0.5, 0.6) is 0 Å². The molecule has 5 nitrogen and oxygen atoms in total. The molecule has 0 saturated heterocycles. The predicted octanol–water partition coefficient (Wildman–Crippen LogP) is -1.12. The minimum Gasteiger partial charge on any atom is -0.394 e. The molecule has 13 heavy (non-hydrogen) atoms. The zero-order valence-corrected chi connectivity index (χ0v) is 7.82. The van der Waals surface area contributed by atoms with Gasteiger partial charge in [-0.2, -0.15) is 0 Å². The summed E-state index contributed by atoms with van der Waals surface area (Å²) in [5, 5.41) is 19.8. The van der Waals surface area contributed by atoms with Crippen LogP contribution in [0.15, 0.2) is 0 Å². The first-order valence-corrected chi connectivity index (χ1v) is 4.34. The molecule has 0 aromatic carbocycles. The van der Waals surface area contributed by atoms with E-state index in [0.717, 1.165) is 0 Å². The van der Waals surface area contributed by atoms with Crippen LogP contribution in [-0.4, -0.2) is 48.6 Å². The molecule has 3 N–H and O–H groups in total. The third kappa shape index (κ3) is 7.70. The summed E-state index contributed by atoms with van der Waals surface area (Å²) in [7, 11) is 0. The number of hydrogen-bond acceptors (Lipinski definition) is 4. The molecule has 0 aliphatic rings. The minimum atomic E-state index is -0.879. The SMILES string of the molecule is CCOCCC(=O)NCC(O)CO. The normalized spacial score (nSPS) is 12.5. The molecule has 0 heterocycles. The summed E-state index contributed by atoms with van der Waals surface area (Å²) in [4.78, 5) is 11.0. The van der Waals surface area contributed by atoms with Gasteiger partial charge in [0.05, 0.1) is 19.3 Å². The number of amides is 1. The Morgan fingerprint density at radius 3 is 2.85 bits per heavy atom. The Bertz CT molecular complexity index is 140. The van der Waals surface area contributed by atoms with Crippen LogP contribution in [0.25, 0.3) is 0 Å². The largest absolute Gasteiger partial charge is 0.394 e. The van der Waals surface area contributed by atoms with E-state index in [1.807, 2.05) is 6.92 Å². The number of rotatable bonds is 7. The Labute approximate surface area is 77.7 Å². The molecule has 0 fully saturated rings. The molecule has 0 aromatic heterocycles. The van der Waals surface area contributed by atoms with Gasteiger partial charge in [-0.15, -0.1) is 0 Å². The fourth-order valence-electron chi connectivity index (χ4n) is 0.694. The van der Waals surface area contributed by atoms with Gasteiger partial charge < -0.3 is 20.3 Å². The third-order valence-electron chi connectivity index (χ3n) is 1.42. The first kappa shape index (κ1) is 12.3. The average molecular weight is 191 g/mol. The third-order valence-corrected chi connectivity index (χ3v) is 1.42. The summed E-state index contributed by atoms with van der Waals surface area (Å²) in [6, 6.07) is 0. The molecule has 0 aliphatic carbocycles. The highest BCUT2D eigenvalue weighted by molar-refractivity contribution is 5.75. The topological polar surface area (TPSA) is 78.8 Å². The van der Waals surface area contributed by atoms with Gasteiger partial charge in [-0.05, 0) is 6.92 Å². The van der Waals surface area contributed by atoms with Crippen LogP contribution in [0, 0.1) is 0 Å². The van der Waals surface area contributed by atoms with Crippen LogP contribution in [0.1, 0.15) is 13.3 Å². The van der Waals surface area contributed by atoms with Crippen molar-refractivity contribution in [1.82, 2.24) is 5.32 Å². The molecule has 1 amide bonds. The van der Waals surface area contributed by atoms with Gasteiger partial charge >= 0.3 is 0 Å². The average Bonchev–Trinajstić information content (AvgIpc) is 2.14. The van der Waals surface area contributed by atoms with E-state index in [0.29, 0.717) is 13.2 Å². The van der Waals surface area contributed by atoms with Crippen LogP contribution < -0.4 is 5.32 Å². The Balaban J connectivity index is 3.30. The van der Waals surface area contributed by atoms with Gasteiger partial charge in [0.1, 0.15) is 0 Å².